The van der Waals surface area contributed by atoms with Crippen LogP contribution in [0, 0.1) is 0 Å². The molecule has 0 aliphatic carbocycles. The molecular weight excluding hydrogens is 449 g/mol. The van der Waals surface area contributed by atoms with Gasteiger partial charge in [0.2, 0.25) is 0 Å². The molecule has 6 heteroatoms. The van der Waals surface area contributed by atoms with Gasteiger partial charge in [-0.2, -0.15) is 0 Å². The molecule has 0 spiro atoms. The maximum Gasteiger partial charge on any atom is 0.191 e. The summed E-state index contributed by atoms with van der Waals surface area (Å²) in [6.07, 6.45) is 0. The minimum atomic E-state index is 0. The number of rotatable bonds is 7. The Morgan fingerprint density at radius 1 is 1.08 bits per heavy atom. The molecular formula is C19H25ClIN3O. The molecule has 0 bridgehead atoms. The maximum atomic E-state index is 6.02. The summed E-state index contributed by atoms with van der Waals surface area (Å²) in [5.41, 5.74) is 3.46. The number of benzene rings is 2. The summed E-state index contributed by atoms with van der Waals surface area (Å²) in [5.74, 6) is 0.782. The van der Waals surface area contributed by atoms with Crippen molar-refractivity contribution in [2.24, 2.45) is 4.99 Å². The Morgan fingerprint density at radius 2 is 1.84 bits per heavy atom. The van der Waals surface area contributed by atoms with Gasteiger partial charge >= 0.3 is 0 Å². The summed E-state index contributed by atoms with van der Waals surface area (Å²) in [6, 6.07) is 16.0. The van der Waals surface area contributed by atoms with Crippen molar-refractivity contribution in [3.63, 3.8) is 0 Å². The fourth-order valence-corrected chi connectivity index (χ4v) is 2.57. The fourth-order valence-electron chi connectivity index (χ4n) is 2.35. The number of nitrogens with zero attached hydrogens (tertiary/aromatic N) is 1. The summed E-state index contributed by atoms with van der Waals surface area (Å²) < 4.78 is 5.25. The average Bonchev–Trinajstić information content (AvgIpc) is 2.59. The van der Waals surface area contributed by atoms with Gasteiger partial charge in [-0.15, -0.1) is 24.0 Å². The van der Waals surface area contributed by atoms with Crippen LogP contribution in [0.4, 0.5) is 0 Å². The number of methoxy groups -OCH3 is 1. The van der Waals surface area contributed by atoms with Crippen molar-refractivity contribution < 1.29 is 4.74 Å². The van der Waals surface area contributed by atoms with Crippen molar-refractivity contribution in [1.82, 2.24) is 10.6 Å². The first-order valence-corrected chi connectivity index (χ1v) is 8.43. The van der Waals surface area contributed by atoms with E-state index < -0.39 is 0 Å². The summed E-state index contributed by atoms with van der Waals surface area (Å²) >= 11 is 6.02. The molecule has 0 aliphatic heterocycles. The Balaban J connectivity index is 0.00000312. The van der Waals surface area contributed by atoms with Crippen LogP contribution in [-0.4, -0.2) is 19.6 Å². The van der Waals surface area contributed by atoms with Crippen LogP contribution in [0.25, 0.3) is 0 Å². The topological polar surface area (TPSA) is 45.7 Å². The van der Waals surface area contributed by atoms with Gasteiger partial charge in [0.05, 0.1) is 13.2 Å². The highest BCUT2D eigenvalue weighted by Gasteiger charge is 2.03. The van der Waals surface area contributed by atoms with E-state index in [9.17, 15) is 0 Å². The maximum absolute atomic E-state index is 6.02. The molecule has 2 aromatic rings. The lowest BCUT2D eigenvalue weighted by molar-refractivity contribution is 0.184. The van der Waals surface area contributed by atoms with Crippen molar-refractivity contribution in [1.29, 1.82) is 0 Å². The van der Waals surface area contributed by atoms with Crippen molar-refractivity contribution in [3.05, 3.63) is 70.2 Å². The van der Waals surface area contributed by atoms with Crippen LogP contribution >= 0.6 is 35.6 Å². The second kappa shape index (κ2) is 12.1. The van der Waals surface area contributed by atoms with Crippen LogP contribution in [0.3, 0.4) is 0 Å². The third-order valence-corrected chi connectivity index (χ3v) is 3.75. The highest BCUT2D eigenvalue weighted by atomic mass is 127. The highest BCUT2D eigenvalue weighted by Crippen LogP contribution is 2.12. The van der Waals surface area contributed by atoms with Gasteiger partial charge in [0.1, 0.15) is 0 Å². The molecule has 4 nitrogen and oxygen atoms in total. The van der Waals surface area contributed by atoms with Gasteiger partial charge < -0.3 is 15.4 Å². The molecule has 0 aromatic heterocycles. The van der Waals surface area contributed by atoms with Gasteiger partial charge in [-0.1, -0.05) is 48.0 Å². The minimum Gasteiger partial charge on any atom is -0.380 e. The Kier molecular flexibility index (Phi) is 10.5. The molecule has 2 N–H and O–H groups in total. The van der Waals surface area contributed by atoms with Crippen molar-refractivity contribution in [2.75, 3.05) is 13.7 Å². The molecule has 136 valence electrons. The molecule has 0 saturated heterocycles. The van der Waals surface area contributed by atoms with Gasteiger partial charge in [-0.05, 0) is 35.7 Å². The second-order valence-electron chi connectivity index (χ2n) is 5.38. The van der Waals surface area contributed by atoms with Crippen LogP contribution in [0.1, 0.15) is 23.6 Å². The largest absolute Gasteiger partial charge is 0.380 e. The Hall–Kier alpha value is -1.31. The predicted octanol–water partition coefficient (Wildman–Crippen LogP) is 4.36. The zero-order chi connectivity index (χ0) is 17.2. The summed E-state index contributed by atoms with van der Waals surface area (Å²) in [7, 11) is 1.71. The van der Waals surface area contributed by atoms with Gasteiger partial charge in [-0.3, -0.25) is 0 Å². The lowest BCUT2D eigenvalue weighted by Crippen LogP contribution is -2.37. The standard InChI is InChI=1S/C19H24ClN3O.HI/c1-3-21-19(22-12-15-7-6-10-18(20)11-15)23-13-16-8-4-5-9-17(16)14-24-2;/h4-11H,3,12-14H2,1-2H3,(H2,21,22,23);1H. The number of ether oxygens (including phenoxy) is 1. The lowest BCUT2D eigenvalue weighted by atomic mass is 10.1. The molecule has 0 saturated carbocycles. The van der Waals surface area contributed by atoms with E-state index in [1.54, 1.807) is 7.11 Å². The third kappa shape index (κ3) is 7.63. The highest BCUT2D eigenvalue weighted by molar-refractivity contribution is 14.0. The Labute approximate surface area is 172 Å². The first-order valence-electron chi connectivity index (χ1n) is 8.05. The first-order chi connectivity index (χ1) is 11.7. The van der Waals surface area contributed by atoms with Crippen LogP contribution in [0.2, 0.25) is 5.02 Å². The molecule has 0 atom stereocenters. The number of nitrogens with one attached hydrogen (secondary N) is 2. The van der Waals surface area contributed by atoms with E-state index in [0.29, 0.717) is 19.7 Å². The normalized spacial score (nSPS) is 10.9. The van der Waals surface area contributed by atoms with Gasteiger partial charge in [-0.25, -0.2) is 4.99 Å². The number of hydrogen-bond donors (Lipinski definition) is 2. The molecule has 0 amide bonds. The second-order valence-corrected chi connectivity index (χ2v) is 5.82. The van der Waals surface area contributed by atoms with Crippen LogP contribution in [-0.2, 0) is 24.4 Å². The van der Waals surface area contributed by atoms with Gasteiger partial charge in [0, 0.05) is 25.2 Å². The number of aliphatic imine (C=N–C) groups is 1. The van der Waals surface area contributed by atoms with E-state index in [0.717, 1.165) is 23.1 Å². The van der Waals surface area contributed by atoms with Gasteiger partial charge in [0.15, 0.2) is 5.96 Å². The minimum absolute atomic E-state index is 0. The summed E-state index contributed by atoms with van der Waals surface area (Å²) in [6.45, 7) is 4.74. The molecule has 0 unspecified atom stereocenters. The number of halogens is 2. The summed E-state index contributed by atoms with van der Waals surface area (Å²) in [5, 5.41) is 7.37. The lowest BCUT2D eigenvalue weighted by Gasteiger charge is -2.14. The molecule has 0 fully saturated rings. The van der Waals surface area contributed by atoms with E-state index >= 15 is 0 Å². The number of guanidine groups is 1. The zero-order valence-electron chi connectivity index (χ0n) is 14.6. The third-order valence-electron chi connectivity index (χ3n) is 3.52. The molecule has 2 rings (SSSR count). The molecule has 0 heterocycles. The van der Waals surface area contributed by atoms with E-state index in [4.69, 9.17) is 16.3 Å². The van der Waals surface area contributed by atoms with Gasteiger partial charge in [0.25, 0.3) is 0 Å². The number of hydrogen-bond acceptors (Lipinski definition) is 2. The average molecular weight is 474 g/mol. The van der Waals surface area contributed by atoms with Crippen LogP contribution in [0.15, 0.2) is 53.5 Å². The van der Waals surface area contributed by atoms with E-state index in [1.807, 2.05) is 36.4 Å². The SMILES string of the molecule is CCNC(=NCc1cccc(Cl)c1)NCc1ccccc1COC.I. The Bertz CT molecular complexity index is 679. The van der Waals surface area contributed by atoms with E-state index in [2.05, 4.69) is 34.7 Å². The van der Waals surface area contributed by atoms with Crippen LogP contribution < -0.4 is 10.6 Å². The summed E-state index contributed by atoms with van der Waals surface area (Å²) in [4.78, 5) is 4.62. The molecule has 0 aliphatic rings. The quantitative estimate of drug-likeness (QED) is 0.357. The molecule has 25 heavy (non-hydrogen) atoms. The molecule has 0 radical (unpaired) electrons. The van der Waals surface area contributed by atoms with E-state index in [1.165, 1.54) is 11.1 Å². The Morgan fingerprint density at radius 3 is 2.52 bits per heavy atom. The predicted molar refractivity (Wildman–Crippen MR) is 116 cm³/mol. The van der Waals surface area contributed by atoms with Crippen molar-refractivity contribution in [3.8, 4) is 0 Å². The first kappa shape index (κ1) is 21.7. The van der Waals surface area contributed by atoms with Crippen LogP contribution in [0.5, 0.6) is 0 Å². The van der Waals surface area contributed by atoms with Crippen molar-refractivity contribution in [2.45, 2.75) is 26.6 Å². The van der Waals surface area contributed by atoms with E-state index in [-0.39, 0.29) is 24.0 Å². The smallest absolute Gasteiger partial charge is 0.191 e. The molecule has 2 aromatic carbocycles. The fraction of sp³-hybridized carbons (Fsp3) is 0.316. The monoisotopic (exact) mass is 473 g/mol. The van der Waals surface area contributed by atoms with Crippen molar-refractivity contribution >= 4 is 41.5 Å². The zero-order valence-corrected chi connectivity index (χ0v) is 17.7.